The van der Waals surface area contributed by atoms with Gasteiger partial charge in [0, 0.05) is 19.3 Å². The van der Waals surface area contributed by atoms with Crippen LogP contribution in [0.15, 0.2) is 24.3 Å². The molecule has 1 saturated carbocycles. The van der Waals surface area contributed by atoms with E-state index in [4.69, 9.17) is 42.2 Å². The van der Waals surface area contributed by atoms with E-state index in [2.05, 4.69) is 45.1 Å². The Labute approximate surface area is 605 Å². The zero-order chi connectivity index (χ0) is 73.9. The lowest BCUT2D eigenvalue weighted by Gasteiger charge is -2.49. The highest BCUT2D eigenvalue weighted by atomic mass is 31.2. The van der Waals surface area contributed by atoms with Crippen molar-refractivity contribution in [1.82, 2.24) is 0 Å². The van der Waals surface area contributed by atoms with Gasteiger partial charge in [-0.3, -0.25) is 23.4 Å². The number of esters is 3. The average molecular weight is 1470 g/mol. The van der Waals surface area contributed by atoms with E-state index in [0.717, 1.165) is 103 Å². The van der Waals surface area contributed by atoms with Crippen LogP contribution in [0.1, 0.15) is 310 Å². The fraction of sp³-hybridized carbons (Fsp3) is 0.908. The molecule has 0 radical (unpaired) electrons. The Bertz CT molecular complexity index is 2180. The van der Waals surface area contributed by atoms with Crippen LogP contribution in [-0.2, 0) is 61.2 Å². The molecule has 592 valence electrons. The Balaban J connectivity index is 1.71. The average Bonchev–Trinajstić information content (AvgIpc) is 0.760. The Morgan fingerprint density at radius 2 is 0.693 bits per heavy atom. The van der Waals surface area contributed by atoms with E-state index >= 15 is 0 Å². The van der Waals surface area contributed by atoms with Gasteiger partial charge in [-0.05, 0) is 70.6 Å². The molecule has 11 N–H and O–H groups in total. The molecule has 101 heavy (non-hydrogen) atoms. The number of hydrogen-bond donors (Lipinski definition) is 11. The highest BCUT2D eigenvalue weighted by molar-refractivity contribution is 7.47. The Kier molecular flexibility index (Phi) is 52.8. The predicted molar refractivity (Wildman–Crippen MR) is 384 cm³/mol. The molecule has 0 aromatic heterocycles. The molecule has 3 rings (SSSR count). The minimum Gasteiger partial charge on any atom is -0.463 e. The molecule has 25 heteroatoms. The van der Waals surface area contributed by atoms with Crippen molar-refractivity contribution in [3.05, 3.63) is 24.3 Å². The maximum absolute atomic E-state index is 14.4. The molecule has 2 heterocycles. The lowest BCUT2D eigenvalue weighted by molar-refractivity contribution is -0.360. The number of unbranched alkanes of at least 4 members (excludes halogenated alkanes) is 37. The number of allylic oxidation sites excluding steroid dienone is 4. The number of phosphoric acid groups is 1. The van der Waals surface area contributed by atoms with Crippen molar-refractivity contribution in [3.63, 3.8) is 0 Å². The van der Waals surface area contributed by atoms with E-state index < -0.39 is 156 Å². The summed E-state index contributed by atoms with van der Waals surface area (Å²) in [5.41, 5.74) is 0. The van der Waals surface area contributed by atoms with Crippen molar-refractivity contribution in [1.29, 1.82) is 0 Å². The van der Waals surface area contributed by atoms with Gasteiger partial charge in [0.15, 0.2) is 18.7 Å². The zero-order valence-electron chi connectivity index (χ0n) is 61.9. The maximum atomic E-state index is 14.4. The first-order chi connectivity index (χ1) is 48.8. The Hall–Kier alpha value is -2.56. The van der Waals surface area contributed by atoms with Crippen molar-refractivity contribution >= 4 is 25.7 Å². The number of carbonyl (C=O) groups excluding carboxylic acids is 3. The number of aliphatic hydroxyl groups excluding tert-OH is 10. The molecule has 0 bridgehead atoms. The standard InChI is InChI=1S/C76H139O24P/c1-4-7-10-13-16-19-22-25-28-29-31-34-35-38-41-44-47-50-60(78)92-54-57(95-62(80)52-49-46-43-40-37-32-27-24-21-18-15-12-9-6-3)55-94-101(90,91)100-74-72(98-75-70(88)65(83)63(81)58(53-77)96-75)68(86)67(85)69(87)73(74)99-76-71(89)66(84)64(82)59(97-76)56-93-61(79)51-48-45-42-39-36-33-30-26-23-20-17-14-11-8-5-2/h20,23,32,37,57-59,63-77,81-89H,4-19,21-22,24-31,33-36,38-56H2,1-3H3,(H,90,91)/b23-20-,37-32-. The van der Waals surface area contributed by atoms with Gasteiger partial charge in [-0.15, -0.1) is 0 Å². The summed E-state index contributed by atoms with van der Waals surface area (Å²) in [7, 11) is -5.70. The third-order valence-corrected chi connectivity index (χ3v) is 20.4. The summed E-state index contributed by atoms with van der Waals surface area (Å²) in [5.74, 6) is -2.00. The van der Waals surface area contributed by atoms with E-state index in [1.807, 2.05) is 0 Å². The second-order valence-electron chi connectivity index (χ2n) is 28.4. The predicted octanol–water partition coefficient (Wildman–Crippen LogP) is 11.7. The SMILES string of the molecule is CCCCCC/C=C\CCCCCCCCCC(=O)OCC1OC(OC2C(O)C(O)C(O)C(OC3OC(CO)C(O)C(O)C3O)C2OP(=O)(O)OCC(COC(=O)CCCCCCCCCCCCCCCCCCC)OC(=O)CCCCC/C=C\CCCCCCCCC)C(O)C(O)C1O. The number of rotatable bonds is 62. The number of carbonyl (C=O) groups is 3. The van der Waals surface area contributed by atoms with Crippen LogP contribution in [0.5, 0.6) is 0 Å². The summed E-state index contributed by atoms with van der Waals surface area (Å²) < 4.78 is 65.1. The van der Waals surface area contributed by atoms with E-state index in [0.29, 0.717) is 25.7 Å². The number of ether oxygens (including phenoxy) is 7. The first kappa shape index (κ1) is 92.6. The first-order valence-electron chi connectivity index (χ1n) is 39.6. The number of aliphatic hydroxyl groups is 10. The second kappa shape index (κ2) is 57.6. The van der Waals surface area contributed by atoms with Crippen LogP contribution < -0.4 is 0 Å². The van der Waals surface area contributed by atoms with Crippen LogP contribution in [0.4, 0.5) is 0 Å². The fourth-order valence-electron chi connectivity index (χ4n) is 13.0. The molecule has 24 nitrogen and oxygen atoms in total. The van der Waals surface area contributed by atoms with Crippen molar-refractivity contribution in [2.45, 2.75) is 414 Å². The molecular weight excluding hydrogens is 1330 g/mol. The van der Waals surface area contributed by atoms with Crippen molar-refractivity contribution < 1.29 is 117 Å². The van der Waals surface area contributed by atoms with Gasteiger partial charge in [-0.1, -0.05) is 244 Å². The van der Waals surface area contributed by atoms with Crippen LogP contribution in [0.25, 0.3) is 0 Å². The van der Waals surface area contributed by atoms with E-state index in [-0.39, 0.29) is 19.3 Å². The largest absolute Gasteiger partial charge is 0.472 e. The van der Waals surface area contributed by atoms with Crippen LogP contribution in [0.3, 0.4) is 0 Å². The van der Waals surface area contributed by atoms with Gasteiger partial charge in [-0.25, -0.2) is 4.57 Å². The minimum absolute atomic E-state index is 0.0231. The smallest absolute Gasteiger partial charge is 0.463 e. The first-order valence-corrected chi connectivity index (χ1v) is 41.1. The monoisotopic (exact) mass is 1470 g/mol. The molecule has 2 saturated heterocycles. The molecule has 0 aromatic carbocycles. The molecule has 18 atom stereocenters. The summed E-state index contributed by atoms with van der Waals surface area (Å²) in [5, 5.41) is 110. The van der Waals surface area contributed by atoms with Crippen LogP contribution in [0, 0.1) is 0 Å². The van der Waals surface area contributed by atoms with Gasteiger partial charge < -0.3 is 89.1 Å². The van der Waals surface area contributed by atoms with Gasteiger partial charge >= 0.3 is 25.7 Å². The van der Waals surface area contributed by atoms with Crippen molar-refractivity contribution in [3.8, 4) is 0 Å². The Morgan fingerprint density at radius 3 is 1.09 bits per heavy atom. The lowest BCUT2D eigenvalue weighted by Crippen LogP contribution is -2.69. The molecule has 18 unspecified atom stereocenters. The summed E-state index contributed by atoms with van der Waals surface area (Å²) in [6.07, 6.45) is 19.4. The molecule has 0 aromatic rings. The van der Waals surface area contributed by atoms with E-state index in [1.54, 1.807) is 0 Å². The summed E-state index contributed by atoms with van der Waals surface area (Å²) >= 11 is 0. The molecule has 1 aliphatic carbocycles. The van der Waals surface area contributed by atoms with Gasteiger partial charge in [0.1, 0.15) is 98.7 Å². The minimum atomic E-state index is -5.70. The fourth-order valence-corrected chi connectivity index (χ4v) is 13.9. The van der Waals surface area contributed by atoms with E-state index in [9.17, 15) is 74.9 Å². The van der Waals surface area contributed by atoms with Crippen molar-refractivity contribution in [2.24, 2.45) is 0 Å². The Morgan fingerprint density at radius 1 is 0.376 bits per heavy atom. The third kappa shape index (κ3) is 40.3. The van der Waals surface area contributed by atoms with Crippen LogP contribution in [-0.4, -0.2) is 204 Å². The highest BCUT2D eigenvalue weighted by Crippen LogP contribution is 2.49. The molecule has 2 aliphatic heterocycles. The van der Waals surface area contributed by atoms with Crippen LogP contribution >= 0.6 is 7.82 Å². The molecule has 0 amide bonds. The van der Waals surface area contributed by atoms with Gasteiger partial charge in [0.2, 0.25) is 0 Å². The third-order valence-electron chi connectivity index (χ3n) is 19.5. The lowest BCUT2D eigenvalue weighted by atomic mass is 9.84. The summed E-state index contributed by atoms with van der Waals surface area (Å²) in [4.78, 5) is 51.1. The van der Waals surface area contributed by atoms with Crippen LogP contribution in [0.2, 0.25) is 0 Å². The maximum Gasteiger partial charge on any atom is 0.472 e. The topological polar surface area (TPSA) is 374 Å². The van der Waals surface area contributed by atoms with Gasteiger partial charge in [-0.2, -0.15) is 0 Å². The number of phosphoric ester groups is 1. The second-order valence-corrected chi connectivity index (χ2v) is 29.8. The van der Waals surface area contributed by atoms with Crippen molar-refractivity contribution in [2.75, 3.05) is 26.4 Å². The van der Waals surface area contributed by atoms with E-state index in [1.165, 1.54) is 141 Å². The molecule has 3 fully saturated rings. The highest BCUT2D eigenvalue weighted by Gasteiger charge is 2.58. The molecular formula is C76H139O24P. The molecule has 3 aliphatic rings. The van der Waals surface area contributed by atoms with Gasteiger partial charge in [0.25, 0.3) is 0 Å². The van der Waals surface area contributed by atoms with Gasteiger partial charge in [0.05, 0.1) is 13.2 Å². The normalized spacial score (nSPS) is 27.3. The quantitative estimate of drug-likeness (QED) is 0.00886. The zero-order valence-corrected chi connectivity index (χ0v) is 62.8. The summed E-state index contributed by atoms with van der Waals surface area (Å²) in [6, 6.07) is 0. The summed E-state index contributed by atoms with van der Waals surface area (Å²) in [6.45, 7) is 3.44. The molecule has 0 spiro atoms. The number of hydrogen-bond acceptors (Lipinski definition) is 23.